The monoisotopic (exact) mass is 265 g/mol. The minimum absolute atomic E-state index is 0.175. The highest BCUT2D eigenvalue weighted by Gasteiger charge is 2.45. The molecule has 2 unspecified atom stereocenters. The molecule has 0 aromatic carbocycles. The van der Waals surface area contributed by atoms with Crippen molar-refractivity contribution in [3.05, 3.63) is 0 Å². The van der Waals surface area contributed by atoms with Crippen LogP contribution in [0.15, 0.2) is 0 Å². The van der Waals surface area contributed by atoms with Gasteiger partial charge in [0.05, 0.1) is 5.41 Å². The maximum Gasteiger partial charge on any atom is 0.228 e. The molecule has 1 amide bonds. The normalized spacial score (nSPS) is 41.7. The summed E-state index contributed by atoms with van der Waals surface area (Å²) in [5.41, 5.74) is -0.175. The predicted molar refractivity (Wildman–Crippen MR) is 75.9 cm³/mol. The van der Waals surface area contributed by atoms with E-state index in [1.165, 1.54) is 25.9 Å². The summed E-state index contributed by atoms with van der Waals surface area (Å²) in [5.74, 6) is 1.42. The van der Waals surface area contributed by atoms with Gasteiger partial charge in [-0.25, -0.2) is 0 Å². The SMILES string of the molecule is CC(C)C1(C(=O)NC2CN3CCC2CC3)CCNC1. The molecular formula is C15H27N3O. The molecule has 2 N–H and O–H groups in total. The number of carbonyl (C=O) groups is 1. The third-order valence-corrected chi connectivity index (χ3v) is 5.72. The molecule has 0 saturated carbocycles. The Labute approximate surface area is 116 Å². The number of piperidine rings is 3. The van der Waals surface area contributed by atoms with Gasteiger partial charge in [-0.15, -0.1) is 0 Å². The third-order valence-electron chi connectivity index (χ3n) is 5.72. The van der Waals surface area contributed by atoms with E-state index in [9.17, 15) is 4.79 Å². The molecule has 19 heavy (non-hydrogen) atoms. The third kappa shape index (κ3) is 2.29. The van der Waals surface area contributed by atoms with Crippen molar-refractivity contribution in [2.45, 2.75) is 39.2 Å². The van der Waals surface area contributed by atoms with E-state index in [1.54, 1.807) is 0 Å². The molecule has 4 nitrogen and oxygen atoms in total. The smallest absolute Gasteiger partial charge is 0.228 e. The lowest BCUT2D eigenvalue weighted by Crippen LogP contribution is -2.60. The molecule has 4 heterocycles. The van der Waals surface area contributed by atoms with Crippen molar-refractivity contribution < 1.29 is 4.79 Å². The molecular weight excluding hydrogens is 238 g/mol. The highest BCUT2D eigenvalue weighted by atomic mass is 16.2. The van der Waals surface area contributed by atoms with Gasteiger partial charge < -0.3 is 15.5 Å². The van der Waals surface area contributed by atoms with E-state index >= 15 is 0 Å². The Hall–Kier alpha value is -0.610. The zero-order valence-electron chi connectivity index (χ0n) is 12.2. The summed E-state index contributed by atoms with van der Waals surface area (Å²) in [7, 11) is 0. The van der Waals surface area contributed by atoms with E-state index in [4.69, 9.17) is 0 Å². The Morgan fingerprint density at radius 2 is 2.11 bits per heavy atom. The predicted octanol–water partition coefficient (Wildman–Crippen LogP) is 0.833. The summed E-state index contributed by atoms with van der Waals surface area (Å²) in [4.78, 5) is 15.3. The van der Waals surface area contributed by atoms with Gasteiger partial charge in [-0.1, -0.05) is 13.8 Å². The van der Waals surface area contributed by atoms with E-state index in [-0.39, 0.29) is 5.41 Å². The van der Waals surface area contributed by atoms with E-state index in [2.05, 4.69) is 29.4 Å². The van der Waals surface area contributed by atoms with Crippen molar-refractivity contribution >= 4 is 5.91 Å². The highest BCUT2D eigenvalue weighted by molar-refractivity contribution is 5.84. The van der Waals surface area contributed by atoms with Gasteiger partial charge in [-0.05, 0) is 50.7 Å². The van der Waals surface area contributed by atoms with E-state index in [1.807, 2.05) is 0 Å². The first-order chi connectivity index (χ1) is 9.12. The van der Waals surface area contributed by atoms with Gasteiger partial charge in [0.15, 0.2) is 0 Å². The second kappa shape index (κ2) is 5.06. The summed E-state index contributed by atoms with van der Waals surface area (Å²) in [6.07, 6.45) is 3.51. The van der Waals surface area contributed by atoms with Crippen molar-refractivity contribution in [1.29, 1.82) is 0 Å². The maximum absolute atomic E-state index is 12.8. The summed E-state index contributed by atoms with van der Waals surface area (Å²) >= 11 is 0. The van der Waals surface area contributed by atoms with Crippen LogP contribution in [0.4, 0.5) is 0 Å². The van der Waals surface area contributed by atoms with Crippen LogP contribution in [0.2, 0.25) is 0 Å². The molecule has 0 spiro atoms. The van der Waals surface area contributed by atoms with Crippen LogP contribution in [0.3, 0.4) is 0 Å². The van der Waals surface area contributed by atoms with Crippen LogP contribution in [0.1, 0.15) is 33.1 Å². The molecule has 2 bridgehead atoms. The lowest BCUT2D eigenvalue weighted by atomic mass is 9.74. The fraction of sp³-hybridized carbons (Fsp3) is 0.933. The molecule has 4 fully saturated rings. The Morgan fingerprint density at radius 1 is 1.37 bits per heavy atom. The second-order valence-corrected chi connectivity index (χ2v) is 6.96. The largest absolute Gasteiger partial charge is 0.351 e. The molecule has 2 atom stereocenters. The Bertz CT molecular complexity index is 341. The van der Waals surface area contributed by atoms with Crippen LogP contribution in [0, 0.1) is 17.3 Å². The molecule has 4 aliphatic heterocycles. The average molecular weight is 265 g/mol. The van der Waals surface area contributed by atoms with Gasteiger partial charge in [0, 0.05) is 19.1 Å². The molecule has 4 aliphatic rings. The van der Waals surface area contributed by atoms with Gasteiger partial charge in [0.25, 0.3) is 0 Å². The van der Waals surface area contributed by atoms with Gasteiger partial charge in [0.2, 0.25) is 5.91 Å². The number of hydrogen-bond acceptors (Lipinski definition) is 3. The van der Waals surface area contributed by atoms with Crippen molar-refractivity contribution in [1.82, 2.24) is 15.5 Å². The maximum atomic E-state index is 12.8. The zero-order valence-corrected chi connectivity index (χ0v) is 12.2. The Kier molecular flexibility index (Phi) is 3.56. The van der Waals surface area contributed by atoms with Crippen molar-refractivity contribution in [2.75, 3.05) is 32.7 Å². The lowest BCUT2D eigenvalue weighted by molar-refractivity contribution is -0.134. The minimum atomic E-state index is -0.175. The first kappa shape index (κ1) is 13.4. The number of hydrogen-bond donors (Lipinski definition) is 2. The summed E-state index contributed by atoms with van der Waals surface area (Å²) < 4.78 is 0. The highest BCUT2D eigenvalue weighted by Crippen LogP contribution is 2.35. The Balaban J connectivity index is 1.67. The number of carbonyl (C=O) groups excluding carboxylic acids is 1. The number of rotatable bonds is 3. The molecule has 108 valence electrons. The van der Waals surface area contributed by atoms with Crippen LogP contribution < -0.4 is 10.6 Å². The standard InChI is InChI=1S/C15H27N3O/c1-11(2)15(5-6-16-10-15)14(19)17-13-9-18-7-3-12(13)4-8-18/h11-13,16H,3-10H2,1-2H3,(H,17,19). The molecule has 4 heteroatoms. The van der Waals surface area contributed by atoms with Crippen molar-refractivity contribution in [2.24, 2.45) is 17.3 Å². The summed E-state index contributed by atoms with van der Waals surface area (Å²) in [6.45, 7) is 9.72. The molecule has 0 aromatic rings. The molecule has 4 rings (SSSR count). The van der Waals surface area contributed by atoms with Gasteiger partial charge >= 0.3 is 0 Å². The quantitative estimate of drug-likeness (QED) is 0.794. The second-order valence-electron chi connectivity index (χ2n) is 6.96. The lowest BCUT2D eigenvalue weighted by Gasteiger charge is -2.46. The summed E-state index contributed by atoms with van der Waals surface area (Å²) in [5, 5.41) is 6.77. The number of fused-ring (bicyclic) bond motifs is 3. The van der Waals surface area contributed by atoms with Crippen LogP contribution in [0.5, 0.6) is 0 Å². The minimum Gasteiger partial charge on any atom is -0.351 e. The van der Waals surface area contributed by atoms with Crippen LogP contribution in [-0.2, 0) is 4.79 Å². The van der Waals surface area contributed by atoms with Crippen LogP contribution >= 0.6 is 0 Å². The topological polar surface area (TPSA) is 44.4 Å². The van der Waals surface area contributed by atoms with Gasteiger partial charge in [0.1, 0.15) is 0 Å². The fourth-order valence-corrected chi connectivity index (χ4v) is 4.10. The van der Waals surface area contributed by atoms with Crippen LogP contribution in [-0.4, -0.2) is 49.6 Å². The van der Waals surface area contributed by atoms with Gasteiger partial charge in [-0.2, -0.15) is 0 Å². The Morgan fingerprint density at radius 3 is 2.58 bits per heavy atom. The van der Waals surface area contributed by atoms with E-state index in [0.717, 1.165) is 26.1 Å². The number of amides is 1. The molecule has 0 aromatic heterocycles. The first-order valence-electron chi connectivity index (χ1n) is 7.86. The van der Waals surface area contributed by atoms with Gasteiger partial charge in [-0.3, -0.25) is 4.79 Å². The zero-order chi connectivity index (χ0) is 13.5. The number of nitrogens with zero attached hydrogens (tertiary/aromatic N) is 1. The van der Waals surface area contributed by atoms with Crippen LogP contribution in [0.25, 0.3) is 0 Å². The average Bonchev–Trinajstić information content (AvgIpc) is 2.90. The molecule has 0 aliphatic carbocycles. The summed E-state index contributed by atoms with van der Waals surface area (Å²) in [6, 6.07) is 0.395. The van der Waals surface area contributed by atoms with E-state index in [0.29, 0.717) is 23.8 Å². The van der Waals surface area contributed by atoms with E-state index < -0.39 is 0 Å². The molecule has 4 saturated heterocycles. The van der Waals surface area contributed by atoms with Crippen molar-refractivity contribution in [3.63, 3.8) is 0 Å². The number of nitrogens with one attached hydrogen (secondary N) is 2. The van der Waals surface area contributed by atoms with Crippen molar-refractivity contribution in [3.8, 4) is 0 Å². The molecule has 0 radical (unpaired) electrons. The first-order valence-corrected chi connectivity index (χ1v) is 7.86. The fourth-order valence-electron chi connectivity index (χ4n) is 4.10.